The second-order valence-corrected chi connectivity index (χ2v) is 7.18. The number of nitrogens with one attached hydrogen (secondary N) is 1. The monoisotopic (exact) mass is 351 g/mol. The topological polar surface area (TPSA) is 128 Å². The molecule has 0 bridgehead atoms. The van der Waals surface area contributed by atoms with Gasteiger partial charge in [-0.1, -0.05) is 0 Å². The second kappa shape index (κ2) is 4.99. The van der Waals surface area contributed by atoms with E-state index in [2.05, 4.69) is 0 Å². The summed E-state index contributed by atoms with van der Waals surface area (Å²) in [5.74, 6) is -2.97. The van der Waals surface area contributed by atoms with Crippen LogP contribution in [-0.4, -0.2) is 31.1 Å². The van der Waals surface area contributed by atoms with Gasteiger partial charge >= 0.3 is 0 Å². The molecule has 124 valence electrons. The van der Waals surface area contributed by atoms with Gasteiger partial charge in [0, 0.05) is 12.3 Å². The molecule has 1 aliphatic heterocycles. The lowest BCUT2D eigenvalue weighted by molar-refractivity contribution is 0.0880. The summed E-state index contributed by atoms with van der Waals surface area (Å²) in [4.78, 5) is 35.4. The first-order valence-corrected chi connectivity index (χ1v) is 8.41. The highest BCUT2D eigenvalue weighted by Gasteiger charge is 2.32. The van der Waals surface area contributed by atoms with Gasteiger partial charge in [-0.2, -0.15) is 0 Å². The van der Waals surface area contributed by atoms with E-state index in [1.807, 2.05) is 5.32 Å². The smallest absolute Gasteiger partial charge is 0.262 e. The number of aromatic nitrogens is 1. The van der Waals surface area contributed by atoms with Gasteiger partial charge in [-0.25, -0.2) is 12.8 Å². The molecule has 0 atom stereocenters. The van der Waals surface area contributed by atoms with Gasteiger partial charge in [0.1, 0.15) is 11.6 Å². The van der Waals surface area contributed by atoms with Gasteiger partial charge in [0.25, 0.3) is 17.4 Å². The molecule has 1 aliphatic rings. The van der Waals surface area contributed by atoms with Crippen LogP contribution in [0, 0.1) is 5.82 Å². The van der Waals surface area contributed by atoms with Gasteiger partial charge in [-0.3, -0.25) is 24.3 Å². The van der Waals surface area contributed by atoms with Crippen molar-refractivity contribution in [3.05, 3.63) is 51.6 Å². The lowest BCUT2D eigenvalue weighted by Crippen LogP contribution is -2.25. The third-order valence-electron chi connectivity index (χ3n) is 3.54. The lowest BCUT2D eigenvalue weighted by atomic mass is 10.1. The Morgan fingerprint density at radius 2 is 1.79 bits per heavy atom. The van der Waals surface area contributed by atoms with Crippen molar-refractivity contribution in [1.29, 1.82) is 0 Å². The molecule has 0 saturated carbocycles. The third-order valence-corrected chi connectivity index (χ3v) is 4.65. The van der Waals surface area contributed by atoms with Gasteiger partial charge in [-0.15, -0.1) is 0 Å². The number of carbonyl (C=O) groups is 2. The van der Waals surface area contributed by atoms with E-state index in [4.69, 9.17) is 5.73 Å². The predicted octanol–water partition coefficient (Wildman–Crippen LogP) is -0.154. The molecule has 0 fully saturated rings. The maximum atomic E-state index is 14.2. The van der Waals surface area contributed by atoms with Gasteiger partial charge in [0.05, 0.1) is 21.7 Å². The molecule has 2 amide bonds. The van der Waals surface area contributed by atoms with Crippen LogP contribution < -0.4 is 16.6 Å². The molecule has 0 unspecified atom stereocenters. The number of fused-ring (bicyclic) bond motifs is 1. The number of nitrogen functional groups attached to an aromatic ring is 1. The normalized spacial score (nSPS) is 13.8. The van der Waals surface area contributed by atoms with E-state index in [0.717, 1.165) is 30.5 Å². The number of amides is 2. The van der Waals surface area contributed by atoms with E-state index in [1.165, 1.54) is 0 Å². The highest BCUT2D eigenvalue weighted by Crippen LogP contribution is 2.25. The maximum absolute atomic E-state index is 14.2. The van der Waals surface area contributed by atoms with Crippen molar-refractivity contribution in [3.8, 4) is 5.69 Å². The van der Waals surface area contributed by atoms with E-state index < -0.39 is 44.5 Å². The Morgan fingerprint density at radius 1 is 1.12 bits per heavy atom. The predicted molar refractivity (Wildman–Crippen MR) is 81.3 cm³/mol. The second-order valence-electron chi connectivity index (χ2n) is 5.16. The molecule has 10 heteroatoms. The van der Waals surface area contributed by atoms with Crippen LogP contribution in [0.1, 0.15) is 20.7 Å². The summed E-state index contributed by atoms with van der Waals surface area (Å²) in [6.07, 6.45) is 0.922. The molecule has 0 saturated heterocycles. The maximum Gasteiger partial charge on any atom is 0.262 e. The SMILES string of the molecule is CS(=O)(=O)c1ccc(F)c(-n2c(N)c3c(cc2=O)C(=O)NC3=O)c1. The Morgan fingerprint density at radius 3 is 2.42 bits per heavy atom. The third kappa shape index (κ3) is 2.27. The van der Waals surface area contributed by atoms with Gasteiger partial charge in [0.15, 0.2) is 9.84 Å². The van der Waals surface area contributed by atoms with Crippen LogP contribution in [0.4, 0.5) is 10.2 Å². The van der Waals surface area contributed by atoms with E-state index in [1.54, 1.807) is 0 Å². The fourth-order valence-electron chi connectivity index (χ4n) is 2.42. The Kier molecular flexibility index (Phi) is 3.30. The quantitative estimate of drug-likeness (QED) is 0.572. The summed E-state index contributed by atoms with van der Waals surface area (Å²) in [5.41, 5.74) is 4.00. The number of nitrogens with two attached hydrogens (primary N) is 1. The molecule has 0 aliphatic carbocycles. The number of hydrogen-bond acceptors (Lipinski definition) is 6. The molecule has 2 heterocycles. The molecule has 24 heavy (non-hydrogen) atoms. The van der Waals surface area contributed by atoms with Crippen LogP contribution in [0.25, 0.3) is 5.69 Å². The van der Waals surface area contributed by atoms with E-state index in [-0.39, 0.29) is 16.0 Å². The number of pyridine rings is 1. The van der Waals surface area contributed by atoms with Crippen molar-refractivity contribution in [1.82, 2.24) is 9.88 Å². The number of halogens is 1. The zero-order chi connectivity index (χ0) is 17.8. The van der Waals surface area contributed by atoms with Crippen molar-refractivity contribution in [3.63, 3.8) is 0 Å². The van der Waals surface area contributed by atoms with E-state index >= 15 is 0 Å². The number of anilines is 1. The van der Waals surface area contributed by atoms with Crippen molar-refractivity contribution in [2.45, 2.75) is 4.90 Å². The molecule has 2 aromatic rings. The standard InChI is InChI=1S/C14H10FN3O5S/c1-24(22,23)6-2-3-8(15)9(4-6)18-10(19)5-7-11(12(18)16)14(21)17-13(7)20/h2-5H,16H2,1H3,(H,17,20,21). The first-order valence-electron chi connectivity index (χ1n) is 6.52. The van der Waals surface area contributed by atoms with Crippen molar-refractivity contribution < 1.29 is 22.4 Å². The van der Waals surface area contributed by atoms with Crippen molar-refractivity contribution >= 4 is 27.5 Å². The molecule has 0 radical (unpaired) electrons. The van der Waals surface area contributed by atoms with Crippen LogP contribution in [0.2, 0.25) is 0 Å². The Bertz CT molecular complexity index is 1090. The minimum absolute atomic E-state index is 0.210. The average molecular weight is 351 g/mol. The van der Waals surface area contributed by atoms with Crippen molar-refractivity contribution in [2.24, 2.45) is 0 Å². The fourth-order valence-corrected chi connectivity index (χ4v) is 3.06. The summed E-state index contributed by atoms with van der Waals surface area (Å²) in [5, 5.41) is 1.98. The number of benzene rings is 1. The number of rotatable bonds is 2. The zero-order valence-corrected chi connectivity index (χ0v) is 13.0. The van der Waals surface area contributed by atoms with Crippen LogP contribution in [0.5, 0.6) is 0 Å². The zero-order valence-electron chi connectivity index (χ0n) is 12.2. The molecule has 0 spiro atoms. The van der Waals surface area contributed by atoms with Crippen LogP contribution in [-0.2, 0) is 9.84 Å². The molecular formula is C14H10FN3O5S. The highest BCUT2D eigenvalue weighted by atomic mass is 32.2. The van der Waals surface area contributed by atoms with Crippen LogP contribution in [0.15, 0.2) is 34.0 Å². The highest BCUT2D eigenvalue weighted by molar-refractivity contribution is 7.90. The summed E-state index contributed by atoms with van der Waals surface area (Å²) in [6.45, 7) is 0. The number of nitrogens with zero attached hydrogens (tertiary/aromatic N) is 1. The van der Waals surface area contributed by atoms with E-state index in [0.29, 0.717) is 4.57 Å². The minimum atomic E-state index is -3.66. The summed E-state index contributed by atoms with van der Waals surface area (Å²) in [7, 11) is -3.66. The fraction of sp³-hybridized carbons (Fsp3) is 0.0714. The van der Waals surface area contributed by atoms with Crippen LogP contribution >= 0.6 is 0 Å². The summed E-state index contributed by atoms with van der Waals surface area (Å²) < 4.78 is 38.1. The van der Waals surface area contributed by atoms with Gasteiger partial charge in [0.2, 0.25) is 0 Å². The first-order chi connectivity index (χ1) is 11.1. The first kappa shape index (κ1) is 15.9. The molecule has 8 nitrogen and oxygen atoms in total. The van der Waals surface area contributed by atoms with Crippen LogP contribution in [0.3, 0.4) is 0 Å². The van der Waals surface area contributed by atoms with Gasteiger partial charge < -0.3 is 5.73 Å². The molecule has 1 aromatic carbocycles. The molecule has 1 aromatic heterocycles. The Balaban J connectivity index is 2.37. The largest absolute Gasteiger partial charge is 0.384 e. The molecule has 3 N–H and O–H groups in total. The molecular weight excluding hydrogens is 341 g/mol. The number of sulfone groups is 1. The Hall–Kier alpha value is -3.01. The molecule has 3 rings (SSSR count). The number of imide groups is 1. The Labute approximate surface area is 134 Å². The van der Waals surface area contributed by atoms with Crippen molar-refractivity contribution in [2.75, 3.05) is 12.0 Å². The summed E-state index contributed by atoms with van der Waals surface area (Å²) in [6, 6.07) is 3.69. The average Bonchev–Trinajstić information content (AvgIpc) is 2.74. The van der Waals surface area contributed by atoms with Gasteiger partial charge in [-0.05, 0) is 18.2 Å². The summed E-state index contributed by atoms with van der Waals surface area (Å²) >= 11 is 0. The lowest BCUT2D eigenvalue weighted by Gasteiger charge is -2.13. The number of hydrogen-bond donors (Lipinski definition) is 2. The number of carbonyl (C=O) groups excluding carboxylic acids is 2. The minimum Gasteiger partial charge on any atom is -0.384 e. The van der Waals surface area contributed by atoms with E-state index in [9.17, 15) is 27.2 Å².